The van der Waals surface area contributed by atoms with Crippen LogP contribution < -0.4 is 14.9 Å². The molecule has 1 aromatic heterocycles. The van der Waals surface area contributed by atoms with Gasteiger partial charge in [-0.2, -0.15) is 0 Å². The lowest BCUT2D eigenvalue weighted by molar-refractivity contribution is -0.268. The molecule has 1 aliphatic heterocycles. The van der Waals surface area contributed by atoms with E-state index in [-0.39, 0.29) is 5.56 Å². The number of aliphatic hydroxyl groups excluding tert-OH is 3. The first-order valence-electron chi connectivity index (χ1n) is 12.6. The topological polar surface area (TPSA) is 277 Å². The quantitative estimate of drug-likeness (QED) is 0.0844. The second-order valence-electron chi connectivity index (χ2n) is 9.79. The first kappa shape index (κ1) is 30.1. The zero-order valence-electron chi connectivity index (χ0n) is 22.3. The Morgan fingerprint density at radius 3 is 2.05 bits per heavy atom. The average molecular weight is 616 g/mol. The summed E-state index contributed by atoms with van der Waals surface area (Å²) in [7, 11) is 0. The lowest BCUT2D eigenvalue weighted by Gasteiger charge is -2.38. The summed E-state index contributed by atoms with van der Waals surface area (Å²) in [6.45, 7) is 1.35. The molecule has 0 unspecified atom stereocenters. The van der Waals surface area contributed by atoms with Crippen molar-refractivity contribution in [3.63, 3.8) is 0 Å². The molecule has 16 nitrogen and oxygen atoms in total. The number of rotatable bonds is 5. The van der Waals surface area contributed by atoms with Gasteiger partial charge in [0.05, 0.1) is 11.7 Å². The van der Waals surface area contributed by atoms with Crippen molar-refractivity contribution < 1.29 is 74.5 Å². The molecule has 4 aromatic rings. The summed E-state index contributed by atoms with van der Waals surface area (Å²) >= 11 is 0. The molecule has 1 aliphatic rings. The van der Waals surface area contributed by atoms with Crippen LogP contribution in [0, 0.1) is 0 Å². The van der Waals surface area contributed by atoms with Crippen molar-refractivity contribution in [2.24, 2.45) is 0 Å². The molecule has 0 bridgehead atoms. The normalized spacial score (nSPS) is 21.7. The molecule has 44 heavy (non-hydrogen) atoms. The smallest absolute Gasteiger partial charge is 0.344 e. The zero-order chi connectivity index (χ0) is 32.2. The van der Waals surface area contributed by atoms with Gasteiger partial charge in [0.2, 0.25) is 23.2 Å². The molecule has 232 valence electrons. The van der Waals surface area contributed by atoms with E-state index in [0.29, 0.717) is 12.1 Å². The number of benzene rings is 3. The zero-order valence-corrected chi connectivity index (χ0v) is 22.3. The number of phenols is 7. The summed E-state index contributed by atoms with van der Waals surface area (Å²) < 4.78 is 21.8. The van der Waals surface area contributed by atoms with E-state index < -0.39 is 116 Å². The van der Waals surface area contributed by atoms with E-state index in [2.05, 4.69) is 0 Å². The largest absolute Gasteiger partial charge is 0.504 e. The summed E-state index contributed by atoms with van der Waals surface area (Å²) in [5, 5.41) is 100. The molecule has 1 fully saturated rings. The summed E-state index contributed by atoms with van der Waals surface area (Å²) in [4.78, 5) is 26.5. The van der Waals surface area contributed by atoms with Crippen molar-refractivity contribution in [1.82, 2.24) is 0 Å². The van der Waals surface area contributed by atoms with Gasteiger partial charge in [-0.25, -0.2) is 4.79 Å². The maximum atomic E-state index is 13.8. The van der Waals surface area contributed by atoms with Crippen molar-refractivity contribution in [2.45, 2.75) is 37.6 Å². The first-order valence-corrected chi connectivity index (χ1v) is 12.6. The third-order valence-corrected chi connectivity index (χ3v) is 6.83. The van der Waals surface area contributed by atoms with E-state index >= 15 is 0 Å². The minimum atomic E-state index is -1.90. The van der Waals surface area contributed by atoms with Gasteiger partial charge in [0, 0.05) is 11.6 Å². The van der Waals surface area contributed by atoms with Crippen LogP contribution in [-0.4, -0.2) is 87.7 Å². The third-order valence-electron chi connectivity index (χ3n) is 6.83. The number of aromatic hydroxyl groups is 7. The monoisotopic (exact) mass is 616 g/mol. The van der Waals surface area contributed by atoms with Gasteiger partial charge in [0.15, 0.2) is 46.0 Å². The number of hydrogen-bond acceptors (Lipinski definition) is 16. The predicted octanol–water partition coefficient (Wildman–Crippen LogP) is 0.825. The van der Waals surface area contributed by atoms with E-state index in [1.807, 2.05) is 0 Å². The Bertz CT molecular complexity index is 1820. The number of esters is 1. The van der Waals surface area contributed by atoms with Gasteiger partial charge in [0.1, 0.15) is 29.3 Å². The van der Waals surface area contributed by atoms with Gasteiger partial charge in [-0.1, -0.05) is 0 Å². The van der Waals surface area contributed by atoms with Crippen molar-refractivity contribution in [3.8, 4) is 63.1 Å². The Kier molecular flexibility index (Phi) is 7.52. The number of carbonyl (C=O) groups is 1. The van der Waals surface area contributed by atoms with Crippen LogP contribution in [-0.2, 0) is 4.74 Å². The van der Waals surface area contributed by atoms with Crippen LogP contribution in [0.15, 0.2) is 45.6 Å². The van der Waals surface area contributed by atoms with Crippen LogP contribution in [0.25, 0.3) is 22.3 Å². The fraction of sp³-hybridized carbons (Fsp3) is 0.214. The molecule has 1 saturated heterocycles. The van der Waals surface area contributed by atoms with Gasteiger partial charge >= 0.3 is 5.97 Å². The number of carbonyl (C=O) groups excluding carboxylic acids is 1. The standard InChI is InChI=1S/C28H24O16/c1-8-18(34)22(38)23(39)28(41-8)44-26-21(37)17-16(42-24(26)9-2-3-11(29)12(30)4-9)7-15(33)25(20(17)36)43-27(40)10-5-13(31)19(35)14(32)6-10/h2-8,18,22-23,28-36,38-39H,1H3/t8-,18-,22+,23+,28-/m0/s1. The van der Waals surface area contributed by atoms with Crippen LogP contribution in [0.1, 0.15) is 17.3 Å². The highest BCUT2D eigenvalue weighted by atomic mass is 16.7. The lowest BCUT2D eigenvalue weighted by Crippen LogP contribution is -2.58. The Morgan fingerprint density at radius 2 is 1.41 bits per heavy atom. The van der Waals surface area contributed by atoms with Gasteiger partial charge in [-0.3, -0.25) is 4.79 Å². The van der Waals surface area contributed by atoms with Crippen LogP contribution >= 0.6 is 0 Å². The molecule has 16 heteroatoms. The Labute approximate surface area is 244 Å². The highest BCUT2D eigenvalue weighted by Gasteiger charge is 2.44. The molecule has 5 rings (SSSR count). The number of phenolic OH excluding ortho intramolecular Hbond substituents is 7. The van der Waals surface area contributed by atoms with Crippen molar-refractivity contribution in [2.75, 3.05) is 0 Å². The minimum Gasteiger partial charge on any atom is -0.504 e. The summed E-state index contributed by atoms with van der Waals surface area (Å²) in [6, 6.07) is 5.44. The summed E-state index contributed by atoms with van der Waals surface area (Å²) in [6.07, 6.45) is -8.08. The third kappa shape index (κ3) is 5.07. The van der Waals surface area contributed by atoms with Gasteiger partial charge in [-0.05, 0) is 37.3 Å². The van der Waals surface area contributed by atoms with E-state index in [4.69, 9.17) is 18.6 Å². The van der Waals surface area contributed by atoms with Crippen LogP contribution in [0.5, 0.6) is 51.7 Å². The van der Waals surface area contributed by atoms with Crippen molar-refractivity contribution >= 4 is 16.9 Å². The molecule has 0 radical (unpaired) electrons. The van der Waals surface area contributed by atoms with E-state index in [1.54, 1.807) is 0 Å². The molecular formula is C28H24O16. The van der Waals surface area contributed by atoms with Crippen molar-refractivity contribution in [3.05, 3.63) is 52.2 Å². The van der Waals surface area contributed by atoms with E-state index in [9.17, 15) is 60.7 Å². The Balaban J connectivity index is 1.67. The SMILES string of the molecule is C[C@@H]1O[C@@H](Oc2c(-c3ccc(O)c(O)c3)oc3cc(O)c(OC(=O)c4cc(O)c(O)c(O)c4)c(O)c3c2=O)[C@H](O)[C@H](O)[C@H]1O. The highest BCUT2D eigenvalue weighted by Crippen LogP contribution is 2.45. The number of fused-ring (bicyclic) bond motifs is 1. The van der Waals surface area contributed by atoms with Crippen LogP contribution in [0.2, 0.25) is 0 Å². The van der Waals surface area contributed by atoms with Crippen LogP contribution in [0.3, 0.4) is 0 Å². The molecule has 0 saturated carbocycles. The fourth-order valence-corrected chi connectivity index (χ4v) is 4.45. The molecule has 5 atom stereocenters. The maximum absolute atomic E-state index is 13.8. The fourth-order valence-electron chi connectivity index (χ4n) is 4.45. The van der Waals surface area contributed by atoms with Gasteiger partial charge in [-0.15, -0.1) is 0 Å². The minimum absolute atomic E-state index is 0.0883. The lowest BCUT2D eigenvalue weighted by atomic mass is 10.00. The number of ether oxygens (including phenoxy) is 3. The molecule has 0 amide bonds. The molecule has 0 aliphatic carbocycles. The molecule has 3 aromatic carbocycles. The maximum Gasteiger partial charge on any atom is 0.344 e. The first-order chi connectivity index (χ1) is 20.7. The van der Waals surface area contributed by atoms with Gasteiger partial charge in [0.25, 0.3) is 0 Å². The van der Waals surface area contributed by atoms with Gasteiger partial charge < -0.3 is 69.7 Å². The second-order valence-corrected chi connectivity index (χ2v) is 9.79. The summed E-state index contributed by atoms with van der Waals surface area (Å²) in [5.74, 6) is -9.54. The highest BCUT2D eigenvalue weighted by molar-refractivity contribution is 5.96. The number of aliphatic hydroxyl groups is 3. The van der Waals surface area contributed by atoms with Crippen LogP contribution in [0.4, 0.5) is 0 Å². The second kappa shape index (κ2) is 11.0. The Hall–Kier alpha value is -5.42. The van der Waals surface area contributed by atoms with Crippen molar-refractivity contribution in [1.29, 1.82) is 0 Å². The molecule has 2 heterocycles. The van der Waals surface area contributed by atoms with E-state index in [0.717, 1.165) is 18.2 Å². The molecule has 0 spiro atoms. The predicted molar refractivity (Wildman–Crippen MR) is 144 cm³/mol. The Morgan fingerprint density at radius 1 is 0.750 bits per heavy atom. The molecular weight excluding hydrogens is 592 g/mol. The molecule has 10 N–H and O–H groups in total. The average Bonchev–Trinajstić information content (AvgIpc) is 2.97. The number of hydrogen-bond donors (Lipinski definition) is 10. The summed E-state index contributed by atoms with van der Waals surface area (Å²) in [5.41, 5.74) is -2.33. The van der Waals surface area contributed by atoms with E-state index in [1.165, 1.54) is 13.0 Å².